The highest BCUT2D eigenvalue weighted by Gasteiger charge is 2.44. The van der Waals surface area contributed by atoms with Gasteiger partial charge in [-0.15, -0.1) is 0 Å². The lowest BCUT2D eigenvalue weighted by molar-refractivity contribution is -0.148. The van der Waals surface area contributed by atoms with E-state index in [-0.39, 0.29) is 5.97 Å². The number of ether oxygens (including phenoxy) is 1. The van der Waals surface area contributed by atoms with E-state index in [1.807, 2.05) is 24.3 Å². The summed E-state index contributed by atoms with van der Waals surface area (Å²) in [5, 5.41) is 4.08. The van der Waals surface area contributed by atoms with Gasteiger partial charge in [0.15, 0.2) is 0 Å². The minimum Gasteiger partial charge on any atom is -0.467 e. The maximum Gasteiger partial charge on any atom is 0.331 e. The fourth-order valence-corrected chi connectivity index (χ4v) is 3.09. The number of hydrogen-bond donors (Lipinski definition) is 1. The van der Waals surface area contributed by atoms with E-state index in [0.717, 1.165) is 24.9 Å². The van der Waals surface area contributed by atoms with Crippen LogP contribution < -0.4 is 5.32 Å². The highest BCUT2D eigenvalue weighted by atomic mass is 35.5. The summed E-state index contributed by atoms with van der Waals surface area (Å²) in [6.45, 7) is 4.44. The number of carbonyl (C=O) groups is 1. The Balaban J connectivity index is 2.24. The fourth-order valence-electron chi connectivity index (χ4n) is 2.97. The van der Waals surface area contributed by atoms with E-state index in [2.05, 4.69) is 19.2 Å². The van der Waals surface area contributed by atoms with Crippen molar-refractivity contribution in [1.29, 1.82) is 0 Å². The van der Waals surface area contributed by atoms with E-state index in [1.165, 1.54) is 7.11 Å². The second kappa shape index (κ2) is 6.04. The zero-order chi connectivity index (χ0) is 14.8. The predicted octanol–water partition coefficient (Wildman–Crippen LogP) is 4.12. The van der Waals surface area contributed by atoms with E-state index >= 15 is 0 Å². The van der Waals surface area contributed by atoms with Crippen LogP contribution in [0.1, 0.15) is 33.1 Å². The van der Waals surface area contributed by atoms with Crippen molar-refractivity contribution in [3.63, 3.8) is 0 Å². The van der Waals surface area contributed by atoms with Gasteiger partial charge in [-0.1, -0.05) is 25.4 Å². The van der Waals surface area contributed by atoms with Gasteiger partial charge in [-0.25, -0.2) is 4.79 Å². The third-order valence-electron chi connectivity index (χ3n) is 4.47. The molecule has 3 nitrogen and oxygen atoms in total. The Morgan fingerprint density at radius 2 is 1.95 bits per heavy atom. The summed E-state index contributed by atoms with van der Waals surface area (Å²) in [6, 6.07) is 7.44. The van der Waals surface area contributed by atoms with Gasteiger partial charge in [-0.2, -0.15) is 0 Å². The molecule has 0 bridgehead atoms. The summed E-state index contributed by atoms with van der Waals surface area (Å²) in [7, 11) is 1.45. The first-order valence-electron chi connectivity index (χ1n) is 7.09. The van der Waals surface area contributed by atoms with Crippen LogP contribution in [0.15, 0.2) is 24.3 Å². The van der Waals surface area contributed by atoms with Crippen LogP contribution in [0.5, 0.6) is 0 Å². The van der Waals surface area contributed by atoms with E-state index in [9.17, 15) is 4.79 Å². The van der Waals surface area contributed by atoms with Gasteiger partial charge in [-0.3, -0.25) is 0 Å². The van der Waals surface area contributed by atoms with Crippen molar-refractivity contribution in [3.05, 3.63) is 29.3 Å². The average molecular weight is 296 g/mol. The standard InChI is InChI=1S/C16H22ClNO2/c1-11-8-9-16(10-12(11)2,15(19)20-3)18-14-6-4-13(17)5-7-14/h4-7,11-12,18H,8-10H2,1-3H3. The average Bonchev–Trinajstić information content (AvgIpc) is 2.44. The number of benzene rings is 1. The molecule has 1 saturated carbocycles. The molecular formula is C16H22ClNO2. The molecule has 2 rings (SSSR count). The Labute approximate surface area is 125 Å². The SMILES string of the molecule is COC(=O)C1(Nc2ccc(Cl)cc2)CCC(C)C(C)C1. The van der Waals surface area contributed by atoms with Crippen LogP contribution in [-0.4, -0.2) is 18.6 Å². The van der Waals surface area contributed by atoms with Gasteiger partial charge < -0.3 is 10.1 Å². The number of anilines is 1. The minimum atomic E-state index is -0.617. The van der Waals surface area contributed by atoms with Crippen LogP contribution >= 0.6 is 11.6 Å². The maximum atomic E-state index is 12.3. The molecule has 1 N–H and O–H groups in total. The summed E-state index contributed by atoms with van der Waals surface area (Å²) in [5.74, 6) is 0.952. The maximum absolute atomic E-state index is 12.3. The second-order valence-electron chi connectivity index (χ2n) is 5.90. The van der Waals surface area contributed by atoms with Gasteiger partial charge >= 0.3 is 5.97 Å². The second-order valence-corrected chi connectivity index (χ2v) is 6.34. The normalized spacial score (nSPS) is 29.8. The van der Waals surface area contributed by atoms with Gasteiger partial charge in [-0.05, 0) is 55.4 Å². The topological polar surface area (TPSA) is 38.3 Å². The van der Waals surface area contributed by atoms with Crippen molar-refractivity contribution in [2.45, 2.75) is 38.6 Å². The molecule has 0 amide bonds. The molecule has 1 aliphatic carbocycles. The highest BCUT2D eigenvalue weighted by Crippen LogP contribution is 2.39. The Morgan fingerprint density at radius 3 is 2.50 bits per heavy atom. The zero-order valence-electron chi connectivity index (χ0n) is 12.3. The minimum absolute atomic E-state index is 0.175. The molecule has 20 heavy (non-hydrogen) atoms. The lowest BCUT2D eigenvalue weighted by Gasteiger charge is -2.41. The molecule has 0 heterocycles. The Hall–Kier alpha value is -1.22. The predicted molar refractivity (Wildman–Crippen MR) is 82.0 cm³/mol. The smallest absolute Gasteiger partial charge is 0.331 e. The van der Waals surface area contributed by atoms with Crippen LogP contribution in [0, 0.1) is 11.8 Å². The third-order valence-corrected chi connectivity index (χ3v) is 4.72. The van der Waals surface area contributed by atoms with Crippen molar-refractivity contribution in [3.8, 4) is 0 Å². The first-order chi connectivity index (χ1) is 9.47. The van der Waals surface area contributed by atoms with E-state index in [0.29, 0.717) is 16.9 Å². The quantitative estimate of drug-likeness (QED) is 0.853. The Bertz CT molecular complexity index is 474. The Morgan fingerprint density at radius 1 is 1.30 bits per heavy atom. The number of halogens is 1. The summed E-state index contributed by atoms with van der Waals surface area (Å²) >= 11 is 5.90. The molecule has 1 aromatic carbocycles. The number of hydrogen-bond acceptors (Lipinski definition) is 3. The molecule has 4 heteroatoms. The van der Waals surface area contributed by atoms with E-state index in [1.54, 1.807) is 0 Å². The summed E-state index contributed by atoms with van der Waals surface area (Å²) in [6.07, 6.45) is 2.62. The van der Waals surface area contributed by atoms with Crippen molar-refractivity contribution in [2.75, 3.05) is 12.4 Å². The highest BCUT2D eigenvalue weighted by molar-refractivity contribution is 6.30. The molecule has 1 aliphatic rings. The zero-order valence-corrected chi connectivity index (χ0v) is 13.0. The number of methoxy groups -OCH3 is 1. The fraction of sp³-hybridized carbons (Fsp3) is 0.562. The number of nitrogens with one attached hydrogen (secondary N) is 1. The number of rotatable bonds is 3. The van der Waals surface area contributed by atoms with Gasteiger partial charge in [0.25, 0.3) is 0 Å². The molecule has 0 aliphatic heterocycles. The van der Waals surface area contributed by atoms with Crippen molar-refractivity contribution < 1.29 is 9.53 Å². The molecule has 3 unspecified atom stereocenters. The van der Waals surface area contributed by atoms with Gasteiger partial charge in [0.2, 0.25) is 0 Å². The number of esters is 1. The molecule has 0 aromatic heterocycles. The monoisotopic (exact) mass is 295 g/mol. The van der Waals surface area contributed by atoms with Crippen LogP contribution in [-0.2, 0) is 9.53 Å². The van der Waals surface area contributed by atoms with Crippen molar-refractivity contribution >= 4 is 23.3 Å². The molecule has 0 saturated heterocycles. The van der Waals surface area contributed by atoms with Crippen molar-refractivity contribution in [1.82, 2.24) is 0 Å². The van der Waals surface area contributed by atoms with Crippen LogP contribution in [0.25, 0.3) is 0 Å². The van der Waals surface area contributed by atoms with Crippen molar-refractivity contribution in [2.24, 2.45) is 11.8 Å². The largest absolute Gasteiger partial charge is 0.467 e. The van der Waals surface area contributed by atoms with E-state index < -0.39 is 5.54 Å². The molecule has 1 fully saturated rings. The molecular weight excluding hydrogens is 274 g/mol. The molecule has 3 atom stereocenters. The van der Waals surface area contributed by atoms with Crippen LogP contribution in [0.2, 0.25) is 5.02 Å². The van der Waals surface area contributed by atoms with Gasteiger partial charge in [0.1, 0.15) is 5.54 Å². The first-order valence-corrected chi connectivity index (χ1v) is 7.47. The first kappa shape index (κ1) is 15.2. The van der Waals surface area contributed by atoms with Gasteiger partial charge in [0.05, 0.1) is 7.11 Å². The van der Waals surface area contributed by atoms with Crippen LogP contribution in [0.4, 0.5) is 5.69 Å². The lowest BCUT2D eigenvalue weighted by Crippen LogP contribution is -2.51. The number of carbonyl (C=O) groups excluding carboxylic acids is 1. The lowest BCUT2D eigenvalue weighted by atomic mass is 9.71. The molecule has 1 aromatic rings. The third kappa shape index (κ3) is 3.09. The summed E-state index contributed by atoms with van der Waals surface area (Å²) in [4.78, 5) is 12.3. The summed E-state index contributed by atoms with van der Waals surface area (Å²) < 4.78 is 5.05. The van der Waals surface area contributed by atoms with Gasteiger partial charge in [0, 0.05) is 10.7 Å². The van der Waals surface area contributed by atoms with E-state index in [4.69, 9.17) is 16.3 Å². The molecule has 0 radical (unpaired) electrons. The Kier molecular flexibility index (Phi) is 4.59. The summed E-state index contributed by atoms with van der Waals surface area (Å²) in [5.41, 5.74) is 0.288. The molecule has 0 spiro atoms. The van der Waals surface area contributed by atoms with Crippen LogP contribution in [0.3, 0.4) is 0 Å². The molecule has 110 valence electrons.